The van der Waals surface area contributed by atoms with Gasteiger partial charge in [0.1, 0.15) is 6.04 Å². The molecular formula is C16H28ClF3N4O. The van der Waals surface area contributed by atoms with Gasteiger partial charge < -0.3 is 10.4 Å². The topological polar surface area (TPSA) is 68.3 Å². The Labute approximate surface area is 151 Å². The van der Waals surface area contributed by atoms with Gasteiger partial charge in [-0.3, -0.25) is 10.7 Å². The first-order valence-electron chi connectivity index (χ1n) is 9.19. The van der Waals surface area contributed by atoms with Gasteiger partial charge in [-0.15, -0.1) is 11.6 Å². The molecule has 0 aromatic heterocycles. The lowest BCUT2D eigenvalue weighted by Crippen LogP contribution is -2.72. The average molecular weight is 385 g/mol. The van der Waals surface area contributed by atoms with Crippen LogP contribution in [0.1, 0.15) is 32.1 Å². The highest BCUT2D eigenvalue weighted by Crippen LogP contribution is 2.38. The van der Waals surface area contributed by atoms with E-state index in [4.69, 9.17) is 16.7 Å². The van der Waals surface area contributed by atoms with Gasteiger partial charge in [-0.05, 0) is 50.5 Å². The number of rotatable bonds is 4. The zero-order valence-corrected chi connectivity index (χ0v) is 14.9. The number of nitrogens with one attached hydrogen (secondary N) is 4. The Hall–Kier alpha value is -0.120. The van der Waals surface area contributed by atoms with Gasteiger partial charge in [0.2, 0.25) is 0 Å². The van der Waals surface area contributed by atoms with Crippen LogP contribution in [0, 0.1) is 17.8 Å². The molecule has 4 unspecified atom stereocenters. The Morgan fingerprint density at radius 2 is 1.80 bits per heavy atom. The van der Waals surface area contributed by atoms with Crippen LogP contribution in [0.2, 0.25) is 0 Å². The van der Waals surface area contributed by atoms with Gasteiger partial charge in [0.15, 0.2) is 0 Å². The number of aliphatic hydroxyl groups is 1. The summed E-state index contributed by atoms with van der Waals surface area (Å²) in [5.41, 5.74) is 6.37. The summed E-state index contributed by atoms with van der Waals surface area (Å²) < 4.78 is 39.0. The third kappa shape index (κ3) is 4.59. The van der Waals surface area contributed by atoms with Gasteiger partial charge in [-0.25, -0.2) is 5.43 Å². The Morgan fingerprint density at radius 3 is 2.44 bits per heavy atom. The van der Waals surface area contributed by atoms with E-state index in [1.54, 1.807) is 0 Å². The first-order valence-corrected chi connectivity index (χ1v) is 9.63. The molecule has 5 atom stereocenters. The van der Waals surface area contributed by atoms with E-state index in [-0.39, 0.29) is 17.3 Å². The molecule has 2 heterocycles. The largest absolute Gasteiger partial charge is 0.406 e. The summed E-state index contributed by atoms with van der Waals surface area (Å²) in [5, 5.41) is 15.2. The summed E-state index contributed by atoms with van der Waals surface area (Å²) in [4.78, 5) is 0. The maximum atomic E-state index is 13.0. The maximum Gasteiger partial charge on any atom is 0.406 e. The Kier molecular flexibility index (Phi) is 6.50. The summed E-state index contributed by atoms with van der Waals surface area (Å²) >= 11 is 6.21. The molecule has 0 radical (unpaired) electrons. The van der Waals surface area contributed by atoms with Crippen LogP contribution < -0.4 is 21.5 Å². The number of alkyl halides is 4. The van der Waals surface area contributed by atoms with Gasteiger partial charge in [0.25, 0.3) is 0 Å². The van der Waals surface area contributed by atoms with Gasteiger partial charge in [0, 0.05) is 23.9 Å². The van der Waals surface area contributed by atoms with Crippen molar-refractivity contribution in [3.8, 4) is 0 Å². The van der Waals surface area contributed by atoms with Crippen molar-refractivity contribution < 1.29 is 18.3 Å². The normalized spacial score (nSPS) is 41.2. The molecule has 0 amide bonds. The minimum Gasteiger partial charge on any atom is -0.394 e. The molecule has 1 saturated carbocycles. The van der Waals surface area contributed by atoms with Crippen LogP contribution in [0.4, 0.5) is 13.2 Å². The Morgan fingerprint density at radius 1 is 1.08 bits per heavy atom. The molecule has 9 heteroatoms. The number of halogens is 4. The molecule has 0 aromatic rings. The molecule has 0 bridgehead atoms. The second kappa shape index (κ2) is 8.27. The van der Waals surface area contributed by atoms with Crippen molar-refractivity contribution in [2.24, 2.45) is 17.8 Å². The van der Waals surface area contributed by atoms with Crippen LogP contribution in [-0.4, -0.2) is 54.6 Å². The number of fused-ring (bicyclic) bond motifs is 1. The van der Waals surface area contributed by atoms with E-state index in [0.717, 1.165) is 38.6 Å². The van der Waals surface area contributed by atoms with Gasteiger partial charge in [-0.1, -0.05) is 0 Å². The number of aliphatic hydroxyl groups excluding tert-OH is 1. The molecule has 5 N–H and O–H groups in total. The van der Waals surface area contributed by atoms with Crippen LogP contribution in [0.25, 0.3) is 0 Å². The predicted molar refractivity (Wildman–Crippen MR) is 90.0 cm³/mol. The fraction of sp³-hybridized carbons (Fsp3) is 1.00. The van der Waals surface area contributed by atoms with E-state index in [0.29, 0.717) is 18.4 Å². The van der Waals surface area contributed by atoms with E-state index in [1.165, 1.54) is 0 Å². The fourth-order valence-corrected chi connectivity index (χ4v) is 4.90. The molecule has 25 heavy (non-hydrogen) atoms. The van der Waals surface area contributed by atoms with Gasteiger partial charge in [-0.2, -0.15) is 13.2 Å². The first kappa shape index (κ1) is 19.6. The van der Waals surface area contributed by atoms with E-state index >= 15 is 0 Å². The average Bonchev–Trinajstić information content (AvgIpc) is 2.59. The summed E-state index contributed by atoms with van der Waals surface area (Å²) in [7, 11) is 0. The number of hydrazine groups is 1. The summed E-state index contributed by atoms with van der Waals surface area (Å²) in [6.45, 7) is 0.601. The van der Waals surface area contributed by atoms with Crippen molar-refractivity contribution in [1.29, 1.82) is 0 Å². The second-order valence-corrected chi connectivity index (χ2v) is 8.19. The van der Waals surface area contributed by atoms with Crippen LogP contribution in [0.15, 0.2) is 0 Å². The van der Waals surface area contributed by atoms with Crippen LogP contribution in [-0.2, 0) is 0 Å². The Balaban J connectivity index is 1.67. The minimum atomic E-state index is -4.47. The van der Waals surface area contributed by atoms with Crippen LogP contribution in [0.5, 0.6) is 0 Å². The zero-order valence-electron chi connectivity index (χ0n) is 14.2. The van der Waals surface area contributed by atoms with Crippen molar-refractivity contribution in [2.75, 3.05) is 19.7 Å². The van der Waals surface area contributed by atoms with E-state index < -0.39 is 25.0 Å². The molecule has 0 aromatic carbocycles. The molecule has 3 aliphatic rings. The third-order valence-electron chi connectivity index (χ3n) is 6.05. The van der Waals surface area contributed by atoms with Crippen molar-refractivity contribution in [3.63, 3.8) is 0 Å². The molecule has 2 saturated heterocycles. The number of hydrogen-bond acceptors (Lipinski definition) is 5. The van der Waals surface area contributed by atoms with Crippen molar-refractivity contribution in [1.82, 2.24) is 21.5 Å². The summed E-state index contributed by atoms with van der Waals surface area (Å²) in [5.74, 6) is 0.861. The van der Waals surface area contributed by atoms with Gasteiger partial charge >= 0.3 is 6.18 Å². The number of piperidine rings is 1. The SMILES string of the molecule is OC[C@H](NC1NNC(C2CCC(Cl)CC2)C2CCNCC12)C(F)(F)F. The third-order valence-corrected chi connectivity index (χ3v) is 6.48. The lowest BCUT2D eigenvalue weighted by molar-refractivity contribution is -0.169. The fourth-order valence-electron chi connectivity index (χ4n) is 4.65. The first-order chi connectivity index (χ1) is 11.9. The van der Waals surface area contributed by atoms with Crippen molar-refractivity contribution >= 4 is 11.6 Å². The highest BCUT2D eigenvalue weighted by Gasteiger charge is 2.47. The highest BCUT2D eigenvalue weighted by atomic mass is 35.5. The predicted octanol–water partition coefficient (Wildman–Crippen LogP) is 1.32. The molecule has 0 spiro atoms. The summed E-state index contributed by atoms with van der Waals surface area (Å²) in [6.07, 6.45) is 0.0681. The smallest absolute Gasteiger partial charge is 0.394 e. The van der Waals surface area contributed by atoms with E-state index in [1.807, 2.05) is 0 Å². The van der Waals surface area contributed by atoms with Crippen LogP contribution in [0.3, 0.4) is 0 Å². The van der Waals surface area contributed by atoms with E-state index in [2.05, 4.69) is 21.5 Å². The standard InChI is InChI=1S/C16H28ClF3N4O/c17-10-3-1-9(2-4-10)14-11-5-6-21-7-12(11)15(24-23-14)22-13(8-25)16(18,19)20/h9-15,21-25H,1-8H2/t9?,10?,11?,12?,13-,14?,15?/m0/s1. The van der Waals surface area contributed by atoms with Crippen LogP contribution >= 0.6 is 11.6 Å². The molecule has 5 nitrogen and oxygen atoms in total. The second-order valence-electron chi connectivity index (χ2n) is 7.57. The molecular weight excluding hydrogens is 357 g/mol. The number of hydrogen-bond donors (Lipinski definition) is 5. The van der Waals surface area contributed by atoms with Gasteiger partial charge in [0.05, 0.1) is 12.8 Å². The summed E-state index contributed by atoms with van der Waals surface area (Å²) in [6, 6.07) is -1.66. The lowest BCUT2D eigenvalue weighted by Gasteiger charge is -2.51. The monoisotopic (exact) mass is 384 g/mol. The van der Waals surface area contributed by atoms with E-state index in [9.17, 15) is 13.2 Å². The lowest BCUT2D eigenvalue weighted by atomic mass is 9.70. The molecule has 2 aliphatic heterocycles. The minimum absolute atomic E-state index is 0.0464. The molecule has 146 valence electrons. The molecule has 3 fully saturated rings. The quantitative estimate of drug-likeness (QED) is 0.473. The maximum absolute atomic E-state index is 13.0. The zero-order chi connectivity index (χ0) is 18.0. The highest BCUT2D eigenvalue weighted by molar-refractivity contribution is 6.20. The molecule has 3 rings (SSSR count). The molecule has 1 aliphatic carbocycles. The van der Waals surface area contributed by atoms with Crippen molar-refractivity contribution in [2.45, 2.75) is 61.9 Å². The van der Waals surface area contributed by atoms with Crippen molar-refractivity contribution in [3.05, 3.63) is 0 Å². The Bertz CT molecular complexity index is 434.